The van der Waals surface area contributed by atoms with Crippen LogP contribution in [-0.2, 0) is 9.53 Å². The molecule has 0 bridgehead atoms. The first-order valence-corrected chi connectivity index (χ1v) is 4.83. The van der Waals surface area contributed by atoms with Gasteiger partial charge in [-0.3, -0.25) is 4.79 Å². The molecule has 0 aromatic heterocycles. The average Bonchev–Trinajstić information content (AvgIpc) is 2.09. The lowest BCUT2D eigenvalue weighted by molar-refractivity contribution is -0.189. The van der Waals surface area contributed by atoms with Crippen molar-refractivity contribution in [2.45, 2.75) is 45.1 Å². The third kappa shape index (κ3) is 2.29. The second-order valence-corrected chi connectivity index (χ2v) is 4.39. The lowest BCUT2D eigenvalue weighted by atomic mass is 9.85. The quantitative estimate of drug-likeness (QED) is 0.693. The third-order valence-electron chi connectivity index (χ3n) is 2.62. The molecule has 0 N–H and O–H groups in total. The largest absolute Gasteiger partial charge is 0.361 e. The van der Waals surface area contributed by atoms with Crippen molar-refractivity contribution in [3.8, 4) is 0 Å². The first-order valence-electron chi connectivity index (χ1n) is 4.83. The first kappa shape index (κ1) is 11.6. The van der Waals surface area contributed by atoms with Gasteiger partial charge in [0, 0.05) is 12.3 Å². The molecule has 2 nitrogen and oxygen atoms in total. The van der Waals surface area contributed by atoms with Crippen LogP contribution >= 0.6 is 0 Å². The van der Waals surface area contributed by atoms with Crippen molar-refractivity contribution in [2.75, 3.05) is 6.61 Å². The number of rotatable bonds is 2. The van der Waals surface area contributed by atoms with Crippen LogP contribution < -0.4 is 0 Å². The van der Waals surface area contributed by atoms with Gasteiger partial charge in [-0.1, -0.05) is 13.8 Å². The van der Waals surface area contributed by atoms with E-state index in [1.54, 1.807) is 20.8 Å². The standard InChI is InChI=1S/C10H16F2O2/c1-7(2)8(13)9(3)4-5-10(11,12)6-14-9/h7H,4-6H2,1-3H3/t9-/m1/s1. The van der Waals surface area contributed by atoms with Gasteiger partial charge in [-0.05, 0) is 13.3 Å². The number of hydrogen-bond donors (Lipinski definition) is 0. The number of carbonyl (C=O) groups excluding carboxylic acids is 1. The van der Waals surface area contributed by atoms with Crippen LogP contribution in [0.3, 0.4) is 0 Å². The number of alkyl halides is 2. The van der Waals surface area contributed by atoms with E-state index in [2.05, 4.69) is 0 Å². The average molecular weight is 206 g/mol. The Balaban J connectivity index is 2.66. The van der Waals surface area contributed by atoms with Crippen molar-refractivity contribution in [3.63, 3.8) is 0 Å². The molecule has 0 unspecified atom stereocenters. The van der Waals surface area contributed by atoms with E-state index >= 15 is 0 Å². The fourth-order valence-electron chi connectivity index (χ4n) is 1.64. The molecule has 0 amide bonds. The van der Waals surface area contributed by atoms with E-state index in [9.17, 15) is 13.6 Å². The molecule has 0 aromatic carbocycles. The molecule has 0 radical (unpaired) electrons. The first-order chi connectivity index (χ1) is 6.27. The van der Waals surface area contributed by atoms with E-state index in [1.165, 1.54) is 0 Å². The zero-order chi connectivity index (χ0) is 11.0. The summed E-state index contributed by atoms with van der Waals surface area (Å²) in [4.78, 5) is 11.7. The van der Waals surface area contributed by atoms with Gasteiger partial charge in [0.2, 0.25) is 0 Å². The Hall–Kier alpha value is -0.510. The molecule has 1 aliphatic heterocycles. The predicted molar refractivity (Wildman–Crippen MR) is 48.4 cm³/mol. The molecule has 1 rings (SSSR count). The van der Waals surface area contributed by atoms with E-state index in [0.29, 0.717) is 0 Å². The van der Waals surface area contributed by atoms with E-state index in [-0.39, 0.29) is 24.5 Å². The molecule has 0 saturated carbocycles. The van der Waals surface area contributed by atoms with Crippen molar-refractivity contribution in [1.82, 2.24) is 0 Å². The molecule has 1 aliphatic rings. The molecule has 82 valence electrons. The molecule has 1 saturated heterocycles. The predicted octanol–water partition coefficient (Wildman–Crippen LogP) is 2.42. The summed E-state index contributed by atoms with van der Waals surface area (Å²) < 4.78 is 30.6. The van der Waals surface area contributed by atoms with Crippen LogP contribution in [0.1, 0.15) is 33.6 Å². The Labute approximate surface area is 82.6 Å². The molecule has 1 heterocycles. The van der Waals surface area contributed by atoms with Crippen LogP contribution in [0.25, 0.3) is 0 Å². The fraction of sp³-hybridized carbons (Fsp3) is 0.900. The van der Waals surface area contributed by atoms with Crippen LogP contribution in [-0.4, -0.2) is 23.9 Å². The molecule has 1 atom stereocenters. The summed E-state index contributed by atoms with van der Waals surface area (Å²) in [6.45, 7) is 4.47. The van der Waals surface area contributed by atoms with Gasteiger partial charge in [-0.15, -0.1) is 0 Å². The molecule has 0 aromatic rings. The second-order valence-electron chi connectivity index (χ2n) is 4.39. The van der Waals surface area contributed by atoms with Crippen molar-refractivity contribution in [3.05, 3.63) is 0 Å². The summed E-state index contributed by atoms with van der Waals surface area (Å²) in [5.74, 6) is -3.03. The maximum absolute atomic E-state index is 12.8. The summed E-state index contributed by atoms with van der Waals surface area (Å²) in [7, 11) is 0. The van der Waals surface area contributed by atoms with Crippen LogP contribution in [0, 0.1) is 5.92 Å². The topological polar surface area (TPSA) is 26.3 Å². The number of ketones is 1. The minimum atomic E-state index is -2.77. The Kier molecular flexibility index (Phi) is 2.95. The summed E-state index contributed by atoms with van der Waals surface area (Å²) in [6, 6.07) is 0. The Morgan fingerprint density at radius 2 is 1.93 bits per heavy atom. The number of ether oxygens (including phenoxy) is 1. The van der Waals surface area contributed by atoms with Crippen LogP contribution in [0.2, 0.25) is 0 Å². The van der Waals surface area contributed by atoms with Crippen molar-refractivity contribution in [2.24, 2.45) is 5.92 Å². The fourth-order valence-corrected chi connectivity index (χ4v) is 1.64. The highest BCUT2D eigenvalue weighted by Crippen LogP contribution is 2.35. The summed E-state index contributed by atoms with van der Waals surface area (Å²) in [5.41, 5.74) is -1.00. The van der Waals surface area contributed by atoms with Gasteiger partial charge in [0.05, 0.1) is 0 Å². The monoisotopic (exact) mass is 206 g/mol. The van der Waals surface area contributed by atoms with Crippen molar-refractivity contribution < 1.29 is 18.3 Å². The summed E-state index contributed by atoms with van der Waals surface area (Å²) in [6.07, 6.45) is -0.154. The molecule has 0 aliphatic carbocycles. The third-order valence-corrected chi connectivity index (χ3v) is 2.62. The normalized spacial score (nSPS) is 31.9. The van der Waals surface area contributed by atoms with Gasteiger partial charge < -0.3 is 4.74 Å². The second kappa shape index (κ2) is 3.57. The minimum absolute atomic E-state index is 0.0898. The van der Waals surface area contributed by atoms with Gasteiger partial charge in [-0.25, -0.2) is 8.78 Å². The zero-order valence-electron chi connectivity index (χ0n) is 8.77. The highest BCUT2D eigenvalue weighted by Gasteiger charge is 2.46. The van der Waals surface area contributed by atoms with E-state index in [1.807, 2.05) is 0 Å². The lowest BCUT2D eigenvalue weighted by Crippen LogP contribution is -2.49. The molecule has 14 heavy (non-hydrogen) atoms. The number of carbonyl (C=O) groups is 1. The van der Waals surface area contributed by atoms with Crippen LogP contribution in [0.5, 0.6) is 0 Å². The van der Waals surface area contributed by atoms with E-state index < -0.39 is 18.1 Å². The highest BCUT2D eigenvalue weighted by atomic mass is 19.3. The SMILES string of the molecule is CC(C)C(=O)[C@@]1(C)CCC(F)(F)CO1. The maximum atomic E-state index is 12.8. The van der Waals surface area contributed by atoms with Crippen LogP contribution in [0.4, 0.5) is 8.78 Å². The molecular formula is C10H16F2O2. The molecule has 0 spiro atoms. The van der Waals surface area contributed by atoms with Gasteiger partial charge in [0.25, 0.3) is 5.92 Å². The van der Waals surface area contributed by atoms with Gasteiger partial charge in [-0.2, -0.15) is 0 Å². The van der Waals surface area contributed by atoms with E-state index in [4.69, 9.17) is 4.74 Å². The number of Topliss-reactive ketones (excluding diaryl/α,β-unsaturated/α-hetero) is 1. The molecule has 1 fully saturated rings. The molecular weight excluding hydrogens is 190 g/mol. The number of hydrogen-bond acceptors (Lipinski definition) is 2. The zero-order valence-corrected chi connectivity index (χ0v) is 8.77. The van der Waals surface area contributed by atoms with Gasteiger partial charge in [0.15, 0.2) is 5.78 Å². The Bertz CT molecular complexity index is 226. The van der Waals surface area contributed by atoms with Gasteiger partial charge >= 0.3 is 0 Å². The smallest absolute Gasteiger partial charge is 0.271 e. The van der Waals surface area contributed by atoms with Gasteiger partial charge in [0.1, 0.15) is 12.2 Å². The maximum Gasteiger partial charge on any atom is 0.271 e. The van der Waals surface area contributed by atoms with E-state index in [0.717, 1.165) is 0 Å². The van der Waals surface area contributed by atoms with Crippen molar-refractivity contribution >= 4 is 5.78 Å². The minimum Gasteiger partial charge on any atom is -0.361 e. The Morgan fingerprint density at radius 3 is 2.29 bits per heavy atom. The summed E-state index contributed by atoms with van der Waals surface area (Å²) in [5, 5.41) is 0. The van der Waals surface area contributed by atoms with Crippen LogP contribution in [0.15, 0.2) is 0 Å². The number of halogens is 2. The lowest BCUT2D eigenvalue weighted by Gasteiger charge is -2.37. The highest BCUT2D eigenvalue weighted by molar-refractivity contribution is 5.88. The van der Waals surface area contributed by atoms with Crippen molar-refractivity contribution in [1.29, 1.82) is 0 Å². The Morgan fingerprint density at radius 1 is 1.36 bits per heavy atom. The molecule has 4 heteroatoms. The summed E-state index contributed by atoms with van der Waals surface area (Å²) >= 11 is 0.